The van der Waals surface area contributed by atoms with Crippen LogP contribution in [0, 0.1) is 11.8 Å². The van der Waals surface area contributed by atoms with Crippen LogP contribution in [0.5, 0.6) is 23.0 Å². The lowest BCUT2D eigenvalue weighted by Gasteiger charge is -2.31. The molecule has 0 spiro atoms. The molecule has 0 bridgehead atoms. The third-order valence-corrected chi connectivity index (χ3v) is 9.58. The number of piperidine rings is 2. The Kier molecular flexibility index (Phi) is 18.6. The van der Waals surface area contributed by atoms with Crippen LogP contribution < -0.4 is 50.8 Å². The second kappa shape index (κ2) is 22.3. The maximum atomic E-state index is 12.1. The first-order valence-electron chi connectivity index (χ1n) is 17.8. The highest BCUT2D eigenvalue weighted by atomic mass is 35.5. The molecule has 312 valence electrons. The highest BCUT2D eigenvalue weighted by Crippen LogP contribution is 2.36. The molecule has 17 nitrogen and oxygen atoms in total. The monoisotopic (exact) mass is 832 g/mol. The number of nitrogens with one attached hydrogen (secondary N) is 2. The van der Waals surface area contributed by atoms with Gasteiger partial charge in [0.2, 0.25) is 23.7 Å². The van der Waals surface area contributed by atoms with Crippen molar-refractivity contribution in [3.8, 4) is 23.0 Å². The van der Waals surface area contributed by atoms with E-state index in [9.17, 15) is 9.59 Å². The van der Waals surface area contributed by atoms with Crippen molar-refractivity contribution in [3.63, 3.8) is 0 Å². The van der Waals surface area contributed by atoms with Crippen LogP contribution >= 0.6 is 24.8 Å². The van der Waals surface area contributed by atoms with E-state index in [0.29, 0.717) is 96.8 Å². The fourth-order valence-corrected chi connectivity index (χ4v) is 6.53. The molecule has 2 saturated heterocycles. The van der Waals surface area contributed by atoms with Gasteiger partial charge in [0.05, 0.1) is 39.5 Å². The van der Waals surface area contributed by atoms with Gasteiger partial charge in [0.1, 0.15) is 11.6 Å². The summed E-state index contributed by atoms with van der Waals surface area (Å²) in [4.78, 5) is 46.5. The van der Waals surface area contributed by atoms with Crippen LogP contribution in [-0.2, 0) is 9.59 Å². The summed E-state index contributed by atoms with van der Waals surface area (Å²) in [5.74, 6) is 4.41. The molecule has 57 heavy (non-hydrogen) atoms. The Bertz CT molecular complexity index is 1850. The Morgan fingerprint density at radius 3 is 1.26 bits per heavy atom. The largest absolute Gasteiger partial charge is 0.493 e. The Labute approximate surface area is 344 Å². The number of amides is 2. The number of nitrogen functional groups attached to an aromatic ring is 2. The number of aromatic nitrogens is 4. The van der Waals surface area contributed by atoms with E-state index in [4.69, 9.17) is 30.4 Å². The van der Waals surface area contributed by atoms with Crippen molar-refractivity contribution in [3.05, 3.63) is 49.6 Å². The minimum Gasteiger partial charge on any atom is -0.493 e. The number of hydrogen-bond acceptors (Lipinski definition) is 14. The molecule has 2 aliphatic heterocycles. The Morgan fingerprint density at radius 1 is 0.649 bits per heavy atom. The number of anilines is 4. The number of methoxy groups -OCH3 is 4. The van der Waals surface area contributed by atoms with E-state index in [-0.39, 0.29) is 53.9 Å². The van der Waals surface area contributed by atoms with Gasteiger partial charge in [-0.3, -0.25) is 9.59 Å². The van der Waals surface area contributed by atoms with Gasteiger partial charge in [0, 0.05) is 74.0 Å². The molecular formula is C38H54Cl2N10O7. The predicted octanol–water partition coefficient (Wildman–Crippen LogP) is 3.51. The fourth-order valence-electron chi connectivity index (χ4n) is 6.53. The number of ether oxygens (including phenoxy) is 4. The number of carbonyl (C=O) groups excluding carboxylic acids is 2. The average Bonchev–Trinajstić information content (AvgIpc) is 3.21. The highest BCUT2D eigenvalue weighted by molar-refractivity contribution is 5.93. The molecule has 19 heteroatoms. The fraction of sp³-hybridized carbons (Fsp3) is 0.421. The lowest BCUT2D eigenvalue weighted by atomic mass is 9.96. The maximum absolute atomic E-state index is 12.1. The van der Waals surface area contributed by atoms with Crippen molar-refractivity contribution >= 4 is 82.0 Å². The first-order chi connectivity index (χ1) is 26.1. The van der Waals surface area contributed by atoms with Gasteiger partial charge in [-0.25, -0.2) is 9.97 Å². The lowest BCUT2D eigenvalue weighted by molar-refractivity contribution is -0.126. The minimum absolute atomic E-state index is 0. The molecule has 8 N–H and O–H groups in total. The zero-order chi connectivity index (χ0) is 38.8. The quantitative estimate of drug-likeness (QED) is 0.150. The molecule has 2 amide bonds. The predicted molar refractivity (Wildman–Crippen MR) is 229 cm³/mol. The average molecular weight is 834 g/mol. The molecule has 2 fully saturated rings. The number of rotatable bonds is 12. The molecule has 2 aromatic heterocycles. The van der Waals surface area contributed by atoms with Crippen molar-refractivity contribution in [2.45, 2.75) is 25.7 Å². The summed E-state index contributed by atoms with van der Waals surface area (Å²) in [7, 11) is 6.31. The van der Waals surface area contributed by atoms with E-state index in [1.54, 1.807) is 64.9 Å². The topological polar surface area (TPSA) is 237 Å². The Hall–Kier alpha value is -5.52. The van der Waals surface area contributed by atoms with Crippen LogP contribution in [0.2, 0.25) is 0 Å². The van der Waals surface area contributed by atoms with Gasteiger partial charge < -0.3 is 56.3 Å². The molecule has 4 aromatic rings. The molecule has 0 aliphatic carbocycles. The molecule has 2 aliphatic rings. The van der Waals surface area contributed by atoms with Crippen LogP contribution in [-0.4, -0.2) is 105 Å². The van der Waals surface area contributed by atoms with Crippen molar-refractivity contribution < 1.29 is 34.0 Å². The number of halogens is 2. The zero-order valence-corrected chi connectivity index (χ0v) is 34.3. The number of hydrogen-bond donors (Lipinski definition) is 4. The van der Waals surface area contributed by atoms with Crippen LogP contribution in [0.25, 0.3) is 21.8 Å². The summed E-state index contributed by atoms with van der Waals surface area (Å²) in [6, 6.07) is 7.16. The van der Waals surface area contributed by atoms with E-state index in [2.05, 4.69) is 53.5 Å². The van der Waals surface area contributed by atoms with Gasteiger partial charge in [-0.1, -0.05) is 12.2 Å². The van der Waals surface area contributed by atoms with E-state index >= 15 is 0 Å². The standard InChI is InChI=1S/2C19H25N5O3.2ClH.H2O/c2*1-4-7-21-18(25)12-5-8-24(9-6-12)19-22-14-11-16(27-3)15(26-2)10-13(14)17(20)23-19;;;/h2*4,10-12H,1,5-9H2,2-3H3,(H,21,25)(H2,20,22,23);2*1H;1H2. The van der Waals surface area contributed by atoms with Crippen LogP contribution in [0.1, 0.15) is 25.7 Å². The molecule has 0 atom stereocenters. The number of fused-ring (bicyclic) bond motifs is 2. The van der Waals surface area contributed by atoms with Crippen molar-refractivity contribution in [2.24, 2.45) is 11.8 Å². The number of carbonyl (C=O) groups is 2. The first kappa shape index (κ1) is 47.6. The molecule has 2 aromatic carbocycles. The van der Waals surface area contributed by atoms with Gasteiger partial charge in [-0.05, 0) is 37.8 Å². The summed E-state index contributed by atoms with van der Waals surface area (Å²) in [6.07, 6.45) is 6.35. The van der Waals surface area contributed by atoms with Gasteiger partial charge >= 0.3 is 0 Å². The second-order valence-corrected chi connectivity index (χ2v) is 12.9. The van der Waals surface area contributed by atoms with Gasteiger partial charge in [-0.15, -0.1) is 38.0 Å². The third kappa shape index (κ3) is 11.3. The summed E-state index contributed by atoms with van der Waals surface area (Å²) in [5, 5.41) is 7.16. The Morgan fingerprint density at radius 2 is 0.965 bits per heavy atom. The smallest absolute Gasteiger partial charge is 0.227 e. The van der Waals surface area contributed by atoms with Crippen molar-refractivity contribution in [2.75, 3.05) is 89.0 Å². The van der Waals surface area contributed by atoms with Gasteiger partial charge in [0.15, 0.2) is 23.0 Å². The van der Waals surface area contributed by atoms with Gasteiger partial charge in [0.25, 0.3) is 0 Å². The summed E-state index contributed by atoms with van der Waals surface area (Å²) >= 11 is 0. The Balaban J connectivity index is 0.000000374. The SMILES string of the molecule is C=CCNC(=O)C1CCN(c2nc(N)c3cc(OC)c(OC)cc3n2)CC1.C=CCNC(=O)C1CCN(c2nc(N)c3cc(OC)c(OC)cc3n2)CC1.Cl.Cl.O. The van der Waals surface area contributed by atoms with E-state index in [1.807, 2.05) is 0 Å². The van der Waals surface area contributed by atoms with Gasteiger partial charge in [-0.2, -0.15) is 9.97 Å². The van der Waals surface area contributed by atoms with Crippen LogP contribution in [0.4, 0.5) is 23.5 Å². The normalized spacial score (nSPS) is 14.0. The van der Waals surface area contributed by atoms with Crippen molar-refractivity contribution in [1.82, 2.24) is 30.6 Å². The highest BCUT2D eigenvalue weighted by Gasteiger charge is 2.28. The summed E-state index contributed by atoms with van der Waals surface area (Å²) in [5.41, 5.74) is 13.7. The van der Waals surface area contributed by atoms with E-state index in [0.717, 1.165) is 36.5 Å². The van der Waals surface area contributed by atoms with Crippen molar-refractivity contribution in [1.29, 1.82) is 0 Å². The van der Waals surface area contributed by atoms with E-state index in [1.165, 1.54) is 0 Å². The lowest BCUT2D eigenvalue weighted by Crippen LogP contribution is -2.41. The zero-order valence-electron chi connectivity index (χ0n) is 32.7. The number of nitrogens with two attached hydrogens (primary N) is 2. The summed E-state index contributed by atoms with van der Waals surface area (Å²) in [6.45, 7) is 11.0. The molecule has 4 heterocycles. The number of benzene rings is 2. The van der Waals surface area contributed by atoms with E-state index < -0.39 is 0 Å². The molecule has 0 unspecified atom stereocenters. The molecule has 6 rings (SSSR count). The van der Waals surface area contributed by atoms with Crippen LogP contribution in [0.3, 0.4) is 0 Å². The molecule has 0 radical (unpaired) electrons. The third-order valence-electron chi connectivity index (χ3n) is 9.58. The first-order valence-corrected chi connectivity index (χ1v) is 17.8. The second-order valence-electron chi connectivity index (χ2n) is 12.9. The minimum atomic E-state index is 0. The molecular weight excluding hydrogens is 779 g/mol. The molecule has 0 saturated carbocycles. The van der Waals surface area contributed by atoms with Crippen LogP contribution in [0.15, 0.2) is 49.6 Å². The maximum Gasteiger partial charge on any atom is 0.227 e. The number of nitrogens with zero attached hydrogens (tertiary/aromatic N) is 6. The summed E-state index contributed by atoms with van der Waals surface area (Å²) < 4.78 is 21.3.